The lowest BCUT2D eigenvalue weighted by Crippen LogP contribution is -2.37. The molecule has 13 heavy (non-hydrogen) atoms. The molecule has 8 nitrogen and oxygen atoms in total. The fourth-order valence-corrected chi connectivity index (χ4v) is 0.500. The highest BCUT2D eigenvalue weighted by molar-refractivity contribution is 9.09. The third-order valence-corrected chi connectivity index (χ3v) is 1.62. The molecule has 0 saturated heterocycles. The lowest BCUT2D eigenvalue weighted by molar-refractivity contribution is -0.807. The molecule has 76 valence electrons. The van der Waals surface area contributed by atoms with Crippen LogP contribution >= 0.6 is 15.9 Å². The molecular formula is C4H9BrN4O4. The number of hydroxylamine groups is 2. The van der Waals surface area contributed by atoms with Crippen LogP contribution in [0.2, 0.25) is 0 Å². The van der Waals surface area contributed by atoms with E-state index < -0.39 is 4.57 Å². The monoisotopic (exact) mass is 256 g/mol. The van der Waals surface area contributed by atoms with Crippen molar-refractivity contribution in [3.8, 4) is 0 Å². The second-order valence-corrected chi connectivity index (χ2v) is 3.48. The van der Waals surface area contributed by atoms with E-state index in [0.717, 1.165) is 0 Å². The smallest absolute Gasteiger partial charge is 0.475 e. The normalized spacial score (nSPS) is 17.8. The third kappa shape index (κ3) is 3.01. The summed E-state index contributed by atoms with van der Waals surface area (Å²) >= 11 is 2.79. The van der Waals surface area contributed by atoms with E-state index in [1.165, 1.54) is 21.1 Å². The summed E-state index contributed by atoms with van der Waals surface area (Å²) in [6.07, 6.45) is 0. The first-order valence-corrected chi connectivity index (χ1v) is 3.88. The fourth-order valence-electron chi connectivity index (χ4n) is 0.371. The Labute approximate surface area is 82.6 Å². The van der Waals surface area contributed by atoms with Gasteiger partial charge < -0.3 is 20.1 Å². The molecule has 0 N–H and O–H groups in total. The predicted octanol–water partition coefficient (Wildman–Crippen LogP) is 1.10. The van der Waals surface area contributed by atoms with Crippen molar-refractivity contribution in [2.45, 2.75) is 11.5 Å². The second kappa shape index (κ2) is 4.80. The Balaban J connectivity index is 4.74. The van der Waals surface area contributed by atoms with Crippen LogP contribution in [0.15, 0.2) is 10.6 Å². The molecule has 0 saturated carbocycles. The van der Waals surface area contributed by atoms with Crippen LogP contribution in [0.4, 0.5) is 0 Å². The van der Waals surface area contributed by atoms with Gasteiger partial charge >= 0.3 is 4.57 Å². The summed E-state index contributed by atoms with van der Waals surface area (Å²) in [5.41, 5.74) is 0. The van der Waals surface area contributed by atoms with Crippen molar-refractivity contribution in [2.75, 3.05) is 14.2 Å². The maximum atomic E-state index is 11.0. The largest absolute Gasteiger partial charge is 0.591 e. The van der Waals surface area contributed by atoms with E-state index in [1.54, 1.807) is 0 Å². The molecule has 9 heteroatoms. The van der Waals surface area contributed by atoms with Crippen molar-refractivity contribution < 1.29 is 19.4 Å². The molecule has 0 aliphatic carbocycles. The van der Waals surface area contributed by atoms with Crippen molar-refractivity contribution >= 4 is 15.9 Å². The van der Waals surface area contributed by atoms with Crippen molar-refractivity contribution in [2.24, 2.45) is 10.6 Å². The van der Waals surface area contributed by atoms with Gasteiger partial charge in [-0.1, -0.05) is 0 Å². The van der Waals surface area contributed by atoms with Gasteiger partial charge in [0.2, 0.25) is 10.6 Å². The highest BCUT2D eigenvalue weighted by Gasteiger charge is 2.44. The van der Waals surface area contributed by atoms with E-state index in [2.05, 4.69) is 36.2 Å². The van der Waals surface area contributed by atoms with E-state index in [0.29, 0.717) is 0 Å². The predicted molar refractivity (Wildman–Crippen MR) is 43.5 cm³/mol. The molecule has 0 rings (SSSR count). The molecule has 0 unspecified atom stereocenters. The molecule has 0 bridgehead atoms. The maximum absolute atomic E-state index is 11.0. The van der Waals surface area contributed by atoms with Crippen LogP contribution < -0.4 is 0 Å². The number of alkyl halides is 1. The number of hydrogen-bond acceptors (Lipinski definition) is 6. The summed E-state index contributed by atoms with van der Waals surface area (Å²) in [6, 6.07) is 0. The Bertz CT molecular complexity index is 206. The molecule has 0 radical (unpaired) electrons. The minimum Gasteiger partial charge on any atom is -0.591 e. The fraction of sp³-hybridized carbons (Fsp3) is 1.00. The first-order valence-electron chi connectivity index (χ1n) is 3.08. The Hall–Kier alpha value is -1.12. The zero-order valence-electron chi connectivity index (χ0n) is 7.30. The van der Waals surface area contributed by atoms with Crippen molar-refractivity contribution in [3.05, 3.63) is 10.4 Å². The van der Waals surface area contributed by atoms with Gasteiger partial charge in [0.05, 0.1) is 22.9 Å². The first-order chi connectivity index (χ1) is 5.96. The minimum atomic E-state index is -1.70. The topological polar surface area (TPSA) is 95.3 Å². The zero-order valence-corrected chi connectivity index (χ0v) is 8.89. The van der Waals surface area contributed by atoms with Gasteiger partial charge in [0.1, 0.15) is 14.2 Å². The molecule has 0 amide bonds. The summed E-state index contributed by atoms with van der Waals surface area (Å²) in [6.45, 7) is 1.23. The van der Waals surface area contributed by atoms with Gasteiger partial charge in [-0.05, 0) is 0 Å². The van der Waals surface area contributed by atoms with Crippen LogP contribution in [0.25, 0.3) is 0 Å². The third-order valence-electron chi connectivity index (χ3n) is 1.01. The molecule has 0 fully saturated rings. The standard InChI is InChI=1S/C4H9BrN4O4/c1-4(5,8(10)6-12-2)9(11)7-13-3/h1-3H3/b8-6-,9-7-. The van der Waals surface area contributed by atoms with Gasteiger partial charge in [-0.25, -0.2) is 0 Å². The van der Waals surface area contributed by atoms with Gasteiger partial charge in [-0.15, -0.1) is 0 Å². The van der Waals surface area contributed by atoms with Crippen LogP contribution in [-0.2, 0) is 9.68 Å². The average Bonchev–Trinajstić information content (AvgIpc) is 2.05. The van der Waals surface area contributed by atoms with E-state index in [9.17, 15) is 10.4 Å². The van der Waals surface area contributed by atoms with Gasteiger partial charge in [0, 0.05) is 9.72 Å². The van der Waals surface area contributed by atoms with Gasteiger partial charge in [0.25, 0.3) is 0 Å². The molecule has 0 aliphatic heterocycles. The Kier molecular flexibility index (Phi) is 4.38. The number of hydrogen-bond donors (Lipinski definition) is 0. The molecule has 0 atom stereocenters. The lowest BCUT2D eigenvalue weighted by atomic mass is 10.6. The number of rotatable bonds is 4. The Morgan fingerprint density at radius 1 is 1.15 bits per heavy atom. The highest BCUT2D eigenvalue weighted by atomic mass is 79.9. The van der Waals surface area contributed by atoms with Crippen molar-refractivity contribution in [1.29, 1.82) is 0 Å². The van der Waals surface area contributed by atoms with Crippen LogP contribution in [0.5, 0.6) is 0 Å². The summed E-state index contributed by atoms with van der Waals surface area (Å²) < 4.78 is -1.70. The average molecular weight is 257 g/mol. The van der Waals surface area contributed by atoms with E-state index >= 15 is 0 Å². The quantitative estimate of drug-likeness (QED) is 0.188. The molecule has 0 aromatic heterocycles. The van der Waals surface area contributed by atoms with Gasteiger partial charge in [0.15, 0.2) is 0 Å². The van der Waals surface area contributed by atoms with E-state index in [-0.39, 0.29) is 9.72 Å². The molecule has 0 aromatic carbocycles. The van der Waals surface area contributed by atoms with Crippen LogP contribution in [0, 0.1) is 10.4 Å². The van der Waals surface area contributed by atoms with Crippen molar-refractivity contribution in [1.82, 2.24) is 0 Å². The summed E-state index contributed by atoms with van der Waals surface area (Å²) in [5, 5.41) is 28.0. The summed E-state index contributed by atoms with van der Waals surface area (Å²) in [4.78, 5) is 8.36. The van der Waals surface area contributed by atoms with Crippen LogP contribution in [0.1, 0.15) is 6.92 Å². The lowest BCUT2D eigenvalue weighted by Gasteiger charge is -2.12. The summed E-state index contributed by atoms with van der Waals surface area (Å²) in [7, 11) is 2.35. The molecular weight excluding hydrogens is 248 g/mol. The van der Waals surface area contributed by atoms with Crippen LogP contribution in [-0.4, -0.2) is 28.5 Å². The number of nitrogens with zero attached hydrogens (tertiary/aromatic N) is 4. The Morgan fingerprint density at radius 2 is 1.46 bits per heavy atom. The summed E-state index contributed by atoms with van der Waals surface area (Å²) in [5.74, 6) is 0. The zero-order chi connectivity index (χ0) is 10.5. The van der Waals surface area contributed by atoms with E-state index in [4.69, 9.17) is 0 Å². The molecule has 0 aliphatic rings. The molecule has 0 spiro atoms. The Morgan fingerprint density at radius 3 is 1.69 bits per heavy atom. The van der Waals surface area contributed by atoms with Gasteiger partial charge in [-0.2, -0.15) is 0 Å². The van der Waals surface area contributed by atoms with Crippen LogP contribution in [0.3, 0.4) is 0 Å². The first kappa shape index (κ1) is 11.9. The SMILES string of the molecule is CO/N=[N+](\[O-])C(C)(Br)/[N+]([O-])=N/OC. The molecule has 0 aromatic rings. The molecule has 0 heterocycles. The maximum Gasteiger partial charge on any atom is 0.475 e. The minimum absolute atomic E-state index is 0.00250. The van der Waals surface area contributed by atoms with Gasteiger partial charge in [-0.3, -0.25) is 0 Å². The van der Waals surface area contributed by atoms with E-state index in [1.807, 2.05) is 0 Å². The second-order valence-electron chi connectivity index (χ2n) is 1.98. The highest BCUT2D eigenvalue weighted by Crippen LogP contribution is 2.19. The number of halogens is 1. The van der Waals surface area contributed by atoms with Crippen molar-refractivity contribution in [3.63, 3.8) is 0 Å².